The molecule has 0 bridgehead atoms. The Kier molecular flexibility index (Phi) is 6.19. The van der Waals surface area contributed by atoms with Gasteiger partial charge in [-0.3, -0.25) is 4.79 Å². The zero-order valence-corrected chi connectivity index (χ0v) is 10.8. The van der Waals surface area contributed by atoms with Crippen molar-refractivity contribution in [2.24, 2.45) is 5.73 Å². The Balaban J connectivity index is 2.56. The first-order valence-electron chi connectivity index (χ1n) is 5.84. The first kappa shape index (κ1) is 14.8. The number of hydrogen-bond donors (Lipinski definition) is 2. The van der Waals surface area contributed by atoms with Gasteiger partial charge in [0.05, 0.1) is 19.6 Å². The summed E-state index contributed by atoms with van der Waals surface area (Å²) >= 11 is 0. The van der Waals surface area contributed by atoms with E-state index in [1.54, 1.807) is 25.3 Å². The number of methoxy groups -OCH3 is 1. The van der Waals surface area contributed by atoms with Gasteiger partial charge in [0.2, 0.25) is 0 Å². The quantitative estimate of drug-likeness (QED) is 0.701. The van der Waals surface area contributed by atoms with E-state index < -0.39 is 0 Å². The number of hydrogen-bond acceptors (Lipinski definition) is 5. The summed E-state index contributed by atoms with van der Waals surface area (Å²) < 4.78 is 10.5. The van der Waals surface area contributed by atoms with Gasteiger partial charge in [-0.25, -0.2) is 0 Å². The van der Waals surface area contributed by atoms with E-state index in [1.807, 2.05) is 6.07 Å². The van der Waals surface area contributed by atoms with E-state index in [0.717, 1.165) is 5.56 Å². The highest BCUT2D eigenvalue weighted by Crippen LogP contribution is 2.24. The van der Waals surface area contributed by atoms with E-state index >= 15 is 0 Å². The molecule has 0 radical (unpaired) electrons. The molecule has 6 heteroatoms. The van der Waals surface area contributed by atoms with Crippen molar-refractivity contribution in [1.29, 1.82) is 5.26 Å². The Morgan fingerprint density at radius 3 is 2.95 bits per heavy atom. The van der Waals surface area contributed by atoms with Crippen LogP contribution in [0.4, 0.5) is 0 Å². The van der Waals surface area contributed by atoms with Gasteiger partial charge in [-0.15, -0.1) is 0 Å². The van der Waals surface area contributed by atoms with Crippen LogP contribution < -0.4 is 20.5 Å². The standard InChI is InChI=1S/C13H17N3O3/c1-18-11-4-3-10(8-15)12(7-11)19-9-13(17)16-6-2-5-14/h3-4,7H,2,6,8-9,15H2,1H3,(H,16,17). The van der Waals surface area contributed by atoms with Gasteiger partial charge in [-0.2, -0.15) is 5.26 Å². The van der Waals surface area contributed by atoms with Crippen molar-refractivity contribution in [1.82, 2.24) is 5.32 Å². The summed E-state index contributed by atoms with van der Waals surface area (Å²) in [4.78, 5) is 11.4. The minimum Gasteiger partial charge on any atom is -0.497 e. The highest BCUT2D eigenvalue weighted by atomic mass is 16.5. The van der Waals surface area contributed by atoms with Gasteiger partial charge in [0.1, 0.15) is 11.5 Å². The molecule has 1 amide bonds. The second-order valence-electron chi connectivity index (χ2n) is 3.72. The van der Waals surface area contributed by atoms with Gasteiger partial charge in [0, 0.05) is 24.7 Å². The topological polar surface area (TPSA) is 97.4 Å². The first-order valence-corrected chi connectivity index (χ1v) is 5.84. The van der Waals surface area contributed by atoms with E-state index in [2.05, 4.69) is 5.32 Å². The number of amides is 1. The maximum absolute atomic E-state index is 11.4. The Labute approximate surface area is 112 Å². The molecule has 0 aliphatic carbocycles. The molecule has 19 heavy (non-hydrogen) atoms. The van der Waals surface area contributed by atoms with Gasteiger partial charge in [-0.1, -0.05) is 6.07 Å². The predicted octanol–water partition coefficient (Wildman–Crippen LogP) is 0.563. The summed E-state index contributed by atoms with van der Waals surface area (Å²) in [7, 11) is 1.55. The number of carbonyl (C=O) groups is 1. The van der Waals surface area contributed by atoms with E-state index in [4.69, 9.17) is 20.5 Å². The molecule has 1 aromatic rings. The number of nitrogens with one attached hydrogen (secondary N) is 1. The molecule has 0 saturated carbocycles. The van der Waals surface area contributed by atoms with E-state index in [9.17, 15) is 4.79 Å². The number of nitrogens with zero attached hydrogens (tertiary/aromatic N) is 1. The summed E-state index contributed by atoms with van der Waals surface area (Å²) in [5, 5.41) is 10.9. The van der Waals surface area contributed by atoms with Gasteiger partial charge in [0.25, 0.3) is 5.91 Å². The van der Waals surface area contributed by atoms with Crippen molar-refractivity contribution >= 4 is 5.91 Å². The van der Waals surface area contributed by atoms with Crippen molar-refractivity contribution < 1.29 is 14.3 Å². The Morgan fingerprint density at radius 1 is 1.53 bits per heavy atom. The fourth-order valence-corrected chi connectivity index (χ4v) is 1.42. The highest BCUT2D eigenvalue weighted by Gasteiger charge is 2.07. The Hall–Kier alpha value is -2.26. The van der Waals surface area contributed by atoms with Crippen molar-refractivity contribution in [3.63, 3.8) is 0 Å². The van der Waals surface area contributed by atoms with Crippen LogP contribution in [0.3, 0.4) is 0 Å². The van der Waals surface area contributed by atoms with Crippen molar-refractivity contribution in [3.8, 4) is 17.6 Å². The zero-order valence-electron chi connectivity index (χ0n) is 10.8. The molecule has 6 nitrogen and oxygen atoms in total. The van der Waals surface area contributed by atoms with Gasteiger partial charge in [0.15, 0.2) is 6.61 Å². The lowest BCUT2D eigenvalue weighted by Crippen LogP contribution is -2.29. The largest absolute Gasteiger partial charge is 0.497 e. The fraction of sp³-hybridized carbons (Fsp3) is 0.385. The Bertz CT molecular complexity index is 469. The van der Waals surface area contributed by atoms with Crippen molar-refractivity contribution in [2.75, 3.05) is 20.3 Å². The number of rotatable bonds is 7. The molecule has 1 aromatic carbocycles. The number of nitriles is 1. The summed E-state index contributed by atoms with van der Waals surface area (Å²) in [6.07, 6.45) is 0.277. The molecular weight excluding hydrogens is 246 g/mol. The molecule has 0 heterocycles. The number of ether oxygens (including phenoxy) is 2. The molecule has 0 unspecified atom stereocenters. The van der Waals surface area contributed by atoms with E-state index in [0.29, 0.717) is 24.6 Å². The second kappa shape index (κ2) is 7.95. The molecule has 0 fully saturated rings. The number of nitrogens with two attached hydrogens (primary N) is 1. The van der Waals surface area contributed by atoms with Gasteiger partial charge < -0.3 is 20.5 Å². The monoisotopic (exact) mass is 263 g/mol. The molecular formula is C13H17N3O3. The van der Waals surface area contributed by atoms with Crippen LogP contribution in [0.1, 0.15) is 12.0 Å². The molecule has 102 valence electrons. The third-order valence-electron chi connectivity index (χ3n) is 2.41. The molecule has 0 saturated heterocycles. The van der Waals surface area contributed by atoms with Crippen molar-refractivity contribution in [2.45, 2.75) is 13.0 Å². The maximum Gasteiger partial charge on any atom is 0.257 e. The minimum absolute atomic E-state index is 0.119. The van der Waals surface area contributed by atoms with Crippen molar-refractivity contribution in [3.05, 3.63) is 23.8 Å². The predicted molar refractivity (Wildman–Crippen MR) is 69.6 cm³/mol. The van der Waals surface area contributed by atoms with Gasteiger partial charge in [-0.05, 0) is 6.07 Å². The zero-order chi connectivity index (χ0) is 14.1. The van der Waals surface area contributed by atoms with E-state index in [1.165, 1.54) is 0 Å². The molecule has 0 aromatic heterocycles. The van der Waals surface area contributed by atoms with Crippen LogP contribution in [0, 0.1) is 11.3 Å². The molecule has 0 spiro atoms. The summed E-state index contributed by atoms with van der Waals surface area (Å²) in [5.41, 5.74) is 6.39. The van der Waals surface area contributed by atoms with Crippen LogP contribution in [0.5, 0.6) is 11.5 Å². The normalized spacial score (nSPS) is 9.53. The third kappa shape index (κ3) is 4.85. The lowest BCUT2D eigenvalue weighted by atomic mass is 10.2. The maximum atomic E-state index is 11.4. The van der Waals surface area contributed by atoms with Crippen LogP contribution in [-0.4, -0.2) is 26.2 Å². The van der Waals surface area contributed by atoms with Crippen LogP contribution >= 0.6 is 0 Å². The fourth-order valence-electron chi connectivity index (χ4n) is 1.42. The lowest BCUT2D eigenvalue weighted by Gasteiger charge is -2.11. The van der Waals surface area contributed by atoms with Crippen LogP contribution in [0.25, 0.3) is 0 Å². The van der Waals surface area contributed by atoms with Crippen LogP contribution in [0.2, 0.25) is 0 Å². The SMILES string of the molecule is COc1ccc(CN)c(OCC(=O)NCCC#N)c1. The first-order chi connectivity index (χ1) is 9.21. The molecule has 0 atom stereocenters. The average Bonchev–Trinajstić information content (AvgIpc) is 2.45. The van der Waals surface area contributed by atoms with E-state index in [-0.39, 0.29) is 18.9 Å². The molecule has 0 aliphatic rings. The number of benzene rings is 1. The average molecular weight is 263 g/mol. The van der Waals surface area contributed by atoms with Crippen LogP contribution in [-0.2, 0) is 11.3 Å². The second-order valence-corrected chi connectivity index (χ2v) is 3.72. The smallest absolute Gasteiger partial charge is 0.257 e. The summed E-state index contributed by atoms with van der Waals surface area (Å²) in [6.45, 7) is 0.515. The summed E-state index contributed by atoms with van der Waals surface area (Å²) in [6, 6.07) is 7.20. The van der Waals surface area contributed by atoms with Gasteiger partial charge >= 0.3 is 0 Å². The molecule has 1 rings (SSSR count). The molecule has 3 N–H and O–H groups in total. The Morgan fingerprint density at radius 2 is 2.32 bits per heavy atom. The highest BCUT2D eigenvalue weighted by molar-refractivity contribution is 5.77. The minimum atomic E-state index is -0.277. The molecule has 0 aliphatic heterocycles. The van der Waals surface area contributed by atoms with Crippen LogP contribution in [0.15, 0.2) is 18.2 Å². The lowest BCUT2D eigenvalue weighted by molar-refractivity contribution is -0.123. The number of carbonyl (C=O) groups excluding carboxylic acids is 1. The summed E-state index contributed by atoms with van der Waals surface area (Å²) in [5.74, 6) is 0.885. The third-order valence-corrected chi connectivity index (χ3v) is 2.41.